The second-order valence-corrected chi connectivity index (χ2v) is 20.6. The second-order valence-electron chi connectivity index (χ2n) is 18.7. The van der Waals surface area contributed by atoms with Gasteiger partial charge in [0.05, 0.1) is 41.0 Å². The smallest absolute Gasteiger partial charge is 0.271 e. The normalized spacial score (nSPS) is 15.7. The summed E-state index contributed by atoms with van der Waals surface area (Å²) in [6.45, 7) is 9.59. The third kappa shape index (κ3) is 12.0. The first-order valence-electron chi connectivity index (χ1n) is 23.3. The lowest BCUT2D eigenvalue weighted by molar-refractivity contribution is -0.144. The van der Waals surface area contributed by atoms with Crippen LogP contribution in [0.25, 0.3) is 42.1 Å². The van der Waals surface area contributed by atoms with Crippen molar-refractivity contribution < 1.29 is 39.2 Å². The number of aliphatic hydroxyl groups is 1. The molecule has 0 radical (unpaired) electrons. The molecule has 1 fully saturated rings. The van der Waals surface area contributed by atoms with E-state index >= 15 is 0 Å². The van der Waals surface area contributed by atoms with Crippen LogP contribution in [0.5, 0.6) is 17.2 Å². The van der Waals surface area contributed by atoms with Crippen molar-refractivity contribution in [2.45, 2.75) is 78.1 Å². The minimum absolute atomic E-state index is 0.0218. The van der Waals surface area contributed by atoms with Crippen molar-refractivity contribution in [2.75, 3.05) is 13.2 Å². The van der Waals surface area contributed by atoms with Crippen LogP contribution in [0.1, 0.15) is 80.2 Å². The Bertz CT molecular complexity index is 3070. The molecule has 4 atom stereocenters. The van der Waals surface area contributed by atoms with Gasteiger partial charge in [-0.2, -0.15) is 5.10 Å². The number of hydrogen-bond donors (Lipinski definition) is 6. The molecule has 1 aliphatic heterocycles. The van der Waals surface area contributed by atoms with Gasteiger partial charge in [-0.05, 0) is 132 Å². The van der Waals surface area contributed by atoms with Gasteiger partial charge >= 0.3 is 0 Å². The number of rotatable bonds is 16. The second kappa shape index (κ2) is 21.7. The Morgan fingerprint density at radius 3 is 2.28 bits per heavy atom. The van der Waals surface area contributed by atoms with E-state index < -0.39 is 35.4 Å². The molecule has 0 aliphatic carbocycles. The fraction of sp³-hybridized carbons (Fsp3) is 0.273. The minimum Gasteiger partial charge on any atom is -0.508 e. The van der Waals surface area contributed by atoms with Gasteiger partial charge in [0, 0.05) is 45.5 Å². The number of carbonyl (C=O) groups is 4. The molecule has 5 aromatic carbocycles. The Kier molecular flexibility index (Phi) is 15.3. The number of phenolic OH excluding ortho intramolecular Hbond substituents is 2. The Hall–Kier alpha value is -7.40. The predicted molar refractivity (Wildman–Crippen MR) is 279 cm³/mol. The van der Waals surface area contributed by atoms with Crippen molar-refractivity contribution in [3.05, 3.63) is 143 Å². The SMILES string of the molecule is Cc1ncsc1-c1ccc([C@H](C)NC(=O)[C@@H]2C[C@@H](O)CN2C(=O)[C@@H](NC(=O)CCCOc2ccc(/C=N/NC(=O)c3cccc(-c4c(-c5ccc(O)cc5)sc5cc(O)ccc45)c3)cc2)C(C)(C)C)cc1. The molecule has 1 aliphatic rings. The first kappa shape index (κ1) is 50.0. The van der Waals surface area contributed by atoms with Crippen LogP contribution >= 0.6 is 22.7 Å². The van der Waals surface area contributed by atoms with E-state index in [0.29, 0.717) is 23.3 Å². The number of aliphatic hydroxyl groups excluding tert-OH is 1. The van der Waals surface area contributed by atoms with E-state index in [4.69, 9.17) is 4.74 Å². The zero-order valence-electron chi connectivity index (χ0n) is 40.0. The van der Waals surface area contributed by atoms with Gasteiger partial charge in [-0.15, -0.1) is 22.7 Å². The lowest BCUT2D eigenvalue weighted by Crippen LogP contribution is -2.57. The summed E-state index contributed by atoms with van der Waals surface area (Å²) in [4.78, 5) is 62.1. The molecule has 6 N–H and O–H groups in total. The Morgan fingerprint density at radius 1 is 0.873 bits per heavy atom. The van der Waals surface area contributed by atoms with Gasteiger partial charge in [-0.3, -0.25) is 19.2 Å². The average molecular weight is 993 g/mol. The number of carbonyl (C=O) groups excluding carboxylic acids is 4. The van der Waals surface area contributed by atoms with Gasteiger partial charge in [0.25, 0.3) is 5.91 Å². The fourth-order valence-corrected chi connectivity index (χ4v) is 10.6. The van der Waals surface area contributed by atoms with Gasteiger partial charge in [0.1, 0.15) is 29.3 Å². The molecule has 0 spiro atoms. The van der Waals surface area contributed by atoms with Crippen LogP contribution < -0.4 is 20.8 Å². The summed E-state index contributed by atoms with van der Waals surface area (Å²) in [5.74, 6) is -0.660. The third-order valence-corrected chi connectivity index (χ3v) is 14.5. The van der Waals surface area contributed by atoms with Crippen molar-refractivity contribution >= 4 is 62.6 Å². The maximum Gasteiger partial charge on any atom is 0.271 e. The number of aromatic hydroxyl groups is 2. The molecule has 71 heavy (non-hydrogen) atoms. The van der Waals surface area contributed by atoms with Gasteiger partial charge in [0.2, 0.25) is 17.7 Å². The fourth-order valence-electron chi connectivity index (χ4n) is 8.56. The van der Waals surface area contributed by atoms with Gasteiger partial charge in [0.15, 0.2) is 0 Å². The first-order valence-corrected chi connectivity index (χ1v) is 25.0. The van der Waals surface area contributed by atoms with Crippen molar-refractivity contribution in [2.24, 2.45) is 10.5 Å². The highest BCUT2D eigenvalue weighted by molar-refractivity contribution is 7.23. The molecule has 366 valence electrons. The molecule has 8 rings (SSSR count). The lowest BCUT2D eigenvalue weighted by atomic mass is 9.85. The molecular weight excluding hydrogens is 937 g/mol. The number of phenols is 2. The maximum atomic E-state index is 14.1. The van der Waals surface area contributed by atoms with E-state index in [0.717, 1.165) is 53.4 Å². The van der Waals surface area contributed by atoms with Crippen LogP contribution in [0.3, 0.4) is 0 Å². The number of benzene rings is 5. The molecule has 7 aromatic rings. The molecule has 2 aromatic heterocycles. The zero-order valence-corrected chi connectivity index (χ0v) is 41.6. The van der Waals surface area contributed by atoms with E-state index in [1.54, 1.807) is 72.0 Å². The number of aromatic nitrogens is 1. The maximum absolute atomic E-state index is 14.1. The monoisotopic (exact) mass is 992 g/mol. The molecular formula is C55H56N6O8S2. The van der Waals surface area contributed by atoms with Gasteiger partial charge in [-0.25, -0.2) is 10.4 Å². The molecule has 1 saturated heterocycles. The van der Waals surface area contributed by atoms with Crippen LogP contribution in [-0.4, -0.2) is 86.4 Å². The van der Waals surface area contributed by atoms with Crippen LogP contribution in [0.15, 0.2) is 126 Å². The van der Waals surface area contributed by atoms with Gasteiger partial charge in [-0.1, -0.05) is 57.2 Å². The number of hydrazone groups is 1. The highest BCUT2D eigenvalue weighted by Crippen LogP contribution is 2.46. The standard InChI is InChI=1S/C55H56N6O8S2/c1-32(35-13-15-36(16-14-35)49-33(2)56-31-70-49)58-53(67)45-27-42(64)30-61(45)54(68)51(55(3,4)5)59-47(65)10-7-25-69-43-22-11-34(12-23-43)29-57-60-52(66)39-9-6-8-38(26-39)48-44-24-21-41(63)28-46(44)71-50(48)37-17-19-40(62)20-18-37/h6,8-9,11-24,26,28-29,31-32,42,45,51,62-64H,7,10,25,27,30H2,1-5H3,(H,58,67)(H,59,65)(H,60,66)/b57-29+/t32-,42+,45-,51+/m0/s1. The van der Waals surface area contributed by atoms with Crippen LogP contribution in [0, 0.1) is 12.3 Å². The van der Waals surface area contributed by atoms with Crippen LogP contribution in [0.2, 0.25) is 0 Å². The summed E-state index contributed by atoms with van der Waals surface area (Å²) < 4.78 is 6.79. The number of aryl methyl sites for hydroxylation is 1. The first-order chi connectivity index (χ1) is 34.0. The van der Waals surface area contributed by atoms with E-state index in [9.17, 15) is 34.5 Å². The molecule has 0 bridgehead atoms. The third-order valence-electron chi connectivity index (χ3n) is 12.4. The largest absolute Gasteiger partial charge is 0.508 e. The number of thiophene rings is 1. The number of amides is 4. The topological polar surface area (TPSA) is 203 Å². The minimum atomic E-state index is -0.949. The summed E-state index contributed by atoms with van der Waals surface area (Å²) >= 11 is 3.08. The Labute approximate surface area is 420 Å². The number of likely N-dealkylation sites (tertiary alicyclic amines) is 1. The van der Waals surface area contributed by atoms with Gasteiger partial charge < -0.3 is 35.6 Å². The van der Waals surface area contributed by atoms with E-state index in [-0.39, 0.29) is 55.3 Å². The van der Waals surface area contributed by atoms with Crippen molar-refractivity contribution in [3.63, 3.8) is 0 Å². The number of nitrogens with one attached hydrogen (secondary N) is 3. The summed E-state index contributed by atoms with van der Waals surface area (Å²) in [5.41, 5.74) is 10.3. The van der Waals surface area contributed by atoms with E-state index in [2.05, 4.69) is 26.1 Å². The number of fused-ring (bicyclic) bond motifs is 1. The molecule has 0 saturated carbocycles. The van der Waals surface area contributed by atoms with Crippen LogP contribution in [0.4, 0.5) is 0 Å². The summed E-state index contributed by atoms with van der Waals surface area (Å²) in [7, 11) is 0. The van der Waals surface area contributed by atoms with Crippen molar-refractivity contribution in [1.82, 2.24) is 25.9 Å². The summed E-state index contributed by atoms with van der Waals surface area (Å²) in [5, 5.41) is 41.8. The molecule has 16 heteroatoms. The number of nitrogens with zero attached hydrogens (tertiary/aromatic N) is 3. The van der Waals surface area contributed by atoms with Crippen molar-refractivity contribution in [1.29, 1.82) is 0 Å². The number of thiazole rings is 1. The molecule has 4 amide bonds. The summed E-state index contributed by atoms with van der Waals surface area (Å²) in [6, 6.07) is 32.2. The predicted octanol–water partition coefficient (Wildman–Crippen LogP) is 9.37. The van der Waals surface area contributed by atoms with Crippen LogP contribution in [-0.2, 0) is 14.4 Å². The van der Waals surface area contributed by atoms with Crippen molar-refractivity contribution in [3.8, 4) is 49.3 Å². The zero-order chi connectivity index (χ0) is 50.4. The Balaban J connectivity index is 0.809. The quantitative estimate of drug-likeness (QED) is 0.0310. The average Bonchev–Trinajstić information content (AvgIpc) is 4.08. The highest BCUT2D eigenvalue weighted by atomic mass is 32.1. The molecule has 14 nitrogen and oxygen atoms in total. The Morgan fingerprint density at radius 2 is 1.58 bits per heavy atom. The highest BCUT2D eigenvalue weighted by Gasteiger charge is 2.44. The summed E-state index contributed by atoms with van der Waals surface area (Å²) in [6.07, 6.45) is 1.18. The number of β-amino-alcohol motifs (C(OH)–C–C–N with tert-alkyl or cyclic N) is 1. The lowest BCUT2D eigenvalue weighted by Gasteiger charge is -2.35. The molecule has 0 unspecified atom stereocenters. The number of hydrogen-bond acceptors (Lipinski definition) is 12. The van der Waals surface area contributed by atoms with E-state index in [1.807, 2.05) is 94.7 Å². The van der Waals surface area contributed by atoms with E-state index in [1.165, 1.54) is 22.5 Å². The molecule has 3 heterocycles. The number of ether oxygens (including phenoxy) is 1.